The predicted octanol–water partition coefficient (Wildman–Crippen LogP) is 2.67. The number of aromatic nitrogens is 3. The van der Waals surface area contributed by atoms with Gasteiger partial charge in [0, 0.05) is 37.0 Å². The summed E-state index contributed by atoms with van der Waals surface area (Å²) in [5.74, 6) is 2.52. The molecule has 2 aromatic rings. The Hall–Kier alpha value is -3.40. The molecule has 2 aromatic heterocycles. The minimum atomic E-state index is -0.346. The first-order chi connectivity index (χ1) is 14.0. The Balaban J connectivity index is 1.38. The zero-order valence-corrected chi connectivity index (χ0v) is 16.3. The number of rotatable bonds is 5. The standard InChI is InChI=1S/C22H23N5O2/c1-3-21(28)27-10-8-16(9-11-27)18-7-6-17(13-23-18)14(2)22(29)24-20-12-19(25-26-20)15-4-5-15/h1,6-8,12-15H,4-5,9-11H2,2H3,(H2,24,25,26,29). The van der Waals surface area contributed by atoms with Crippen molar-refractivity contribution in [1.29, 1.82) is 0 Å². The number of hydrogen-bond donors (Lipinski definition) is 2. The minimum absolute atomic E-state index is 0.117. The predicted molar refractivity (Wildman–Crippen MR) is 110 cm³/mol. The van der Waals surface area contributed by atoms with Gasteiger partial charge < -0.3 is 10.2 Å². The number of nitrogens with one attached hydrogen (secondary N) is 2. The van der Waals surface area contributed by atoms with Gasteiger partial charge in [-0.15, -0.1) is 6.42 Å². The van der Waals surface area contributed by atoms with Crippen LogP contribution in [0.3, 0.4) is 0 Å². The van der Waals surface area contributed by atoms with E-state index in [1.807, 2.05) is 31.2 Å². The Labute approximate surface area is 169 Å². The van der Waals surface area contributed by atoms with Crippen LogP contribution in [0.4, 0.5) is 5.82 Å². The number of carbonyl (C=O) groups is 2. The van der Waals surface area contributed by atoms with Crippen LogP contribution in [0.15, 0.2) is 30.5 Å². The van der Waals surface area contributed by atoms with Gasteiger partial charge in [0.25, 0.3) is 5.91 Å². The summed E-state index contributed by atoms with van der Waals surface area (Å²) < 4.78 is 0. The number of hydrogen-bond acceptors (Lipinski definition) is 4. The summed E-state index contributed by atoms with van der Waals surface area (Å²) in [5, 5.41) is 10.0. The monoisotopic (exact) mass is 389 g/mol. The molecule has 1 atom stereocenters. The highest BCUT2D eigenvalue weighted by atomic mass is 16.2. The second-order valence-electron chi connectivity index (χ2n) is 7.55. The second-order valence-corrected chi connectivity index (χ2v) is 7.55. The molecular formula is C22H23N5O2. The Morgan fingerprint density at radius 1 is 1.38 bits per heavy atom. The molecule has 2 amide bonds. The van der Waals surface area contributed by atoms with Crippen molar-refractivity contribution in [3.63, 3.8) is 0 Å². The molecule has 0 aromatic carbocycles. The number of terminal acetylenes is 1. The van der Waals surface area contributed by atoms with Crippen molar-refractivity contribution in [3.05, 3.63) is 47.4 Å². The summed E-state index contributed by atoms with van der Waals surface area (Å²) >= 11 is 0. The molecule has 2 N–H and O–H groups in total. The number of carbonyl (C=O) groups excluding carboxylic acids is 2. The highest BCUT2D eigenvalue weighted by Crippen LogP contribution is 2.39. The second kappa shape index (κ2) is 7.92. The molecule has 1 saturated carbocycles. The first kappa shape index (κ1) is 18.9. The van der Waals surface area contributed by atoms with Crippen LogP contribution in [0.2, 0.25) is 0 Å². The SMILES string of the molecule is C#CC(=O)N1CC=C(c2ccc(C(C)C(=O)Nc3cc(C4CC4)[nH]n3)cn2)CC1. The molecule has 7 heteroatoms. The van der Waals surface area contributed by atoms with Gasteiger partial charge in [0.05, 0.1) is 11.6 Å². The number of aromatic amines is 1. The first-order valence-corrected chi connectivity index (χ1v) is 9.82. The average molecular weight is 389 g/mol. The Kier molecular flexibility index (Phi) is 5.17. The van der Waals surface area contributed by atoms with Crippen molar-refractivity contribution in [1.82, 2.24) is 20.1 Å². The van der Waals surface area contributed by atoms with Gasteiger partial charge in [-0.2, -0.15) is 5.10 Å². The third kappa shape index (κ3) is 4.21. The lowest BCUT2D eigenvalue weighted by Gasteiger charge is -2.24. The third-order valence-corrected chi connectivity index (χ3v) is 5.49. The summed E-state index contributed by atoms with van der Waals surface area (Å²) in [4.78, 5) is 30.3. The van der Waals surface area contributed by atoms with Crippen LogP contribution in [0.1, 0.15) is 55.0 Å². The molecule has 1 aliphatic carbocycles. The van der Waals surface area contributed by atoms with Crippen molar-refractivity contribution < 1.29 is 9.59 Å². The maximum absolute atomic E-state index is 12.6. The molecule has 3 heterocycles. The number of anilines is 1. The fourth-order valence-electron chi connectivity index (χ4n) is 3.42. The van der Waals surface area contributed by atoms with E-state index in [4.69, 9.17) is 6.42 Å². The topological polar surface area (TPSA) is 91.0 Å². The molecular weight excluding hydrogens is 366 g/mol. The van der Waals surface area contributed by atoms with Crippen LogP contribution in [0, 0.1) is 12.3 Å². The Morgan fingerprint density at radius 2 is 2.21 bits per heavy atom. The van der Waals surface area contributed by atoms with Gasteiger partial charge in [0.15, 0.2) is 5.82 Å². The van der Waals surface area contributed by atoms with Gasteiger partial charge in [0.1, 0.15) is 0 Å². The quantitative estimate of drug-likeness (QED) is 0.769. The summed E-state index contributed by atoms with van der Waals surface area (Å²) in [6, 6.07) is 5.75. The lowest BCUT2D eigenvalue weighted by Crippen LogP contribution is -2.33. The normalized spacial score (nSPS) is 17.2. The minimum Gasteiger partial charge on any atom is -0.328 e. The number of nitrogens with zero attached hydrogens (tertiary/aromatic N) is 3. The van der Waals surface area contributed by atoms with E-state index in [2.05, 4.69) is 26.4 Å². The maximum atomic E-state index is 12.6. The zero-order chi connectivity index (χ0) is 20.4. The van der Waals surface area contributed by atoms with Crippen LogP contribution in [0.5, 0.6) is 0 Å². The van der Waals surface area contributed by atoms with E-state index in [9.17, 15) is 9.59 Å². The number of amides is 2. The van der Waals surface area contributed by atoms with Crippen LogP contribution < -0.4 is 5.32 Å². The maximum Gasteiger partial charge on any atom is 0.298 e. The Morgan fingerprint density at radius 3 is 2.83 bits per heavy atom. The van der Waals surface area contributed by atoms with Crippen LogP contribution in [0.25, 0.3) is 5.57 Å². The van der Waals surface area contributed by atoms with Gasteiger partial charge in [-0.05, 0) is 49.3 Å². The van der Waals surface area contributed by atoms with Crippen molar-refractivity contribution in [3.8, 4) is 12.3 Å². The molecule has 0 radical (unpaired) electrons. The van der Waals surface area contributed by atoms with Gasteiger partial charge >= 0.3 is 0 Å². The van der Waals surface area contributed by atoms with Gasteiger partial charge in [0.2, 0.25) is 5.91 Å². The highest BCUT2D eigenvalue weighted by molar-refractivity contribution is 5.95. The van der Waals surface area contributed by atoms with E-state index in [0.717, 1.165) is 22.5 Å². The molecule has 0 saturated heterocycles. The van der Waals surface area contributed by atoms with Crippen molar-refractivity contribution in [2.45, 2.75) is 38.0 Å². The molecule has 0 bridgehead atoms. The zero-order valence-electron chi connectivity index (χ0n) is 16.3. The van der Waals surface area contributed by atoms with Crippen molar-refractivity contribution in [2.75, 3.05) is 18.4 Å². The fraction of sp³-hybridized carbons (Fsp3) is 0.364. The van der Waals surface area contributed by atoms with Crippen molar-refractivity contribution in [2.24, 2.45) is 0 Å². The van der Waals surface area contributed by atoms with E-state index in [1.165, 1.54) is 12.8 Å². The Bertz CT molecular complexity index is 995. The molecule has 1 aliphatic heterocycles. The molecule has 1 unspecified atom stereocenters. The molecule has 148 valence electrons. The van der Waals surface area contributed by atoms with Gasteiger partial charge in [-0.25, -0.2) is 0 Å². The van der Waals surface area contributed by atoms with E-state index < -0.39 is 0 Å². The first-order valence-electron chi connectivity index (χ1n) is 9.82. The van der Waals surface area contributed by atoms with E-state index in [-0.39, 0.29) is 17.7 Å². The van der Waals surface area contributed by atoms with E-state index >= 15 is 0 Å². The molecule has 29 heavy (non-hydrogen) atoms. The molecule has 4 rings (SSSR count). The van der Waals surface area contributed by atoms with Gasteiger partial charge in [-0.3, -0.25) is 19.7 Å². The molecule has 1 fully saturated rings. The van der Waals surface area contributed by atoms with Crippen molar-refractivity contribution >= 4 is 23.2 Å². The van der Waals surface area contributed by atoms with E-state index in [0.29, 0.717) is 31.2 Å². The summed E-state index contributed by atoms with van der Waals surface area (Å²) in [7, 11) is 0. The number of pyridine rings is 1. The third-order valence-electron chi connectivity index (χ3n) is 5.49. The highest BCUT2D eigenvalue weighted by Gasteiger charge is 2.26. The average Bonchev–Trinajstić information content (AvgIpc) is 3.52. The van der Waals surface area contributed by atoms with Gasteiger partial charge in [-0.1, -0.05) is 12.1 Å². The summed E-state index contributed by atoms with van der Waals surface area (Å²) in [6.07, 6.45) is 11.9. The largest absolute Gasteiger partial charge is 0.328 e. The lowest BCUT2D eigenvalue weighted by molar-refractivity contribution is -0.124. The summed E-state index contributed by atoms with van der Waals surface area (Å²) in [5.41, 5.74) is 3.86. The molecule has 7 nitrogen and oxygen atoms in total. The molecule has 2 aliphatic rings. The van der Waals surface area contributed by atoms with Crippen LogP contribution >= 0.6 is 0 Å². The smallest absolute Gasteiger partial charge is 0.298 e. The van der Waals surface area contributed by atoms with Crippen LogP contribution in [-0.2, 0) is 9.59 Å². The molecule has 0 spiro atoms. The fourth-order valence-corrected chi connectivity index (χ4v) is 3.42. The van der Waals surface area contributed by atoms with E-state index in [1.54, 1.807) is 11.1 Å². The lowest BCUT2D eigenvalue weighted by atomic mass is 9.99. The number of H-pyrrole nitrogens is 1. The summed E-state index contributed by atoms with van der Waals surface area (Å²) in [6.45, 7) is 2.93. The van der Waals surface area contributed by atoms with Crippen LogP contribution in [-0.4, -0.2) is 45.0 Å².